The highest BCUT2D eigenvalue weighted by atomic mass is 16.5. The van der Waals surface area contributed by atoms with E-state index < -0.39 is 12.1 Å². The van der Waals surface area contributed by atoms with Gasteiger partial charge in [0.25, 0.3) is 5.91 Å². The molecule has 0 aromatic heterocycles. The average molecular weight is 285 g/mol. The number of hydrogen-bond donors (Lipinski definition) is 2. The third kappa shape index (κ3) is 3.28. The Morgan fingerprint density at radius 3 is 2.85 bits per heavy atom. The maximum absolute atomic E-state index is 12.5. The lowest BCUT2D eigenvalue weighted by atomic mass is 10.1. The molecule has 3 N–H and O–H groups in total. The minimum atomic E-state index is -0.559. The maximum Gasteiger partial charge on any atom is 0.252 e. The standard InChI is InChI=1S/C13H23N3O4/c1-2-15-12(17)10-8-19-6-5-16(10)13(18)11-4-3-9(7-14)20-11/h9-11H,2-8,14H2,1H3,(H,15,17). The summed E-state index contributed by atoms with van der Waals surface area (Å²) in [7, 11) is 0. The second kappa shape index (κ2) is 7.01. The molecule has 3 unspecified atom stereocenters. The van der Waals surface area contributed by atoms with Gasteiger partial charge in [0.2, 0.25) is 5.91 Å². The lowest BCUT2D eigenvalue weighted by Crippen LogP contribution is -2.58. The van der Waals surface area contributed by atoms with Crippen LogP contribution in [0.5, 0.6) is 0 Å². The number of morpholine rings is 1. The smallest absolute Gasteiger partial charge is 0.252 e. The van der Waals surface area contributed by atoms with Crippen LogP contribution in [0.15, 0.2) is 0 Å². The first kappa shape index (κ1) is 15.2. The number of carbonyl (C=O) groups excluding carboxylic acids is 2. The van der Waals surface area contributed by atoms with Gasteiger partial charge in [-0.2, -0.15) is 0 Å². The normalized spacial score (nSPS) is 30.3. The third-order valence-corrected chi connectivity index (χ3v) is 3.71. The van der Waals surface area contributed by atoms with Gasteiger partial charge in [-0.3, -0.25) is 9.59 Å². The molecule has 7 heteroatoms. The van der Waals surface area contributed by atoms with Crippen LogP contribution in [0.25, 0.3) is 0 Å². The first-order chi connectivity index (χ1) is 9.67. The number of amides is 2. The first-order valence-electron chi connectivity index (χ1n) is 7.18. The van der Waals surface area contributed by atoms with E-state index in [4.69, 9.17) is 15.2 Å². The van der Waals surface area contributed by atoms with Gasteiger partial charge in [0, 0.05) is 19.6 Å². The summed E-state index contributed by atoms with van der Waals surface area (Å²) in [5, 5.41) is 2.74. The Balaban J connectivity index is 2.00. The van der Waals surface area contributed by atoms with Crippen molar-refractivity contribution in [2.75, 3.05) is 32.8 Å². The van der Waals surface area contributed by atoms with Crippen molar-refractivity contribution in [1.82, 2.24) is 10.2 Å². The highest BCUT2D eigenvalue weighted by Gasteiger charge is 2.39. The number of hydrogen-bond acceptors (Lipinski definition) is 5. The molecule has 2 aliphatic rings. The molecule has 2 aliphatic heterocycles. The second-order valence-electron chi connectivity index (χ2n) is 5.08. The van der Waals surface area contributed by atoms with Crippen LogP contribution in [0.2, 0.25) is 0 Å². The van der Waals surface area contributed by atoms with Crippen molar-refractivity contribution in [3.63, 3.8) is 0 Å². The maximum atomic E-state index is 12.5. The van der Waals surface area contributed by atoms with E-state index in [1.54, 1.807) is 4.90 Å². The highest BCUT2D eigenvalue weighted by molar-refractivity contribution is 5.89. The Labute approximate surface area is 118 Å². The number of nitrogens with one attached hydrogen (secondary N) is 1. The van der Waals surface area contributed by atoms with Crippen molar-refractivity contribution < 1.29 is 19.1 Å². The summed E-state index contributed by atoms with van der Waals surface area (Å²) >= 11 is 0. The van der Waals surface area contributed by atoms with Crippen LogP contribution < -0.4 is 11.1 Å². The second-order valence-corrected chi connectivity index (χ2v) is 5.08. The number of carbonyl (C=O) groups is 2. The molecule has 0 radical (unpaired) electrons. The minimum Gasteiger partial charge on any atom is -0.377 e. The SMILES string of the molecule is CCNC(=O)C1COCCN1C(=O)C1CCC(CN)O1. The summed E-state index contributed by atoms with van der Waals surface area (Å²) in [5.41, 5.74) is 5.56. The molecule has 20 heavy (non-hydrogen) atoms. The molecule has 0 spiro atoms. The lowest BCUT2D eigenvalue weighted by molar-refractivity contribution is -0.156. The summed E-state index contributed by atoms with van der Waals surface area (Å²) in [4.78, 5) is 26.1. The molecule has 0 aromatic carbocycles. The fraction of sp³-hybridized carbons (Fsp3) is 0.846. The monoisotopic (exact) mass is 285 g/mol. The van der Waals surface area contributed by atoms with Gasteiger partial charge in [-0.05, 0) is 19.8 Å². The van der Waals surface area contributed by atoms with Crippen LogP contribution >= 0.6 is 0 Å². The molecule has 2 amide bonds. The van der Waals surface area contributed by atoms with Crippen molar-refractivity contribution in [3.8, 4) is 0 Å². The van der Waals surface area contributed by atoms with Crippen LogP contribution in [0.3, 0.4) is 0 Å². The van der Waals surface area contributed by atoms with Gasteiger partial charge in [-0.15, -0.1) is 0 Å². The van der Waals surface area contributed by atoms with Crippen molar-refractivity contribution >= 4 is 11.8 Å². The van der Waals surface area contributed by atoms with Crippen molar-refractivity contribution in [2.45, 2.75) is 38.0 Å². The fourth-order valence-corrected chi connectivity index (χ4v) is 2.62. The van der Waals surface area contributed by atoms with E-state index in [0.29, 0.717) is 32.7 Å². The predicted molar refractivity (Wildman–Crippen MR) is 72.0 cm³/mol. The van der Waals surface area contributed by atoms with Crippen LogP contribution in [-0.4, -0.2) is 67.8 Å². The predicted octanol–water partition coefficient (Wildman–Crippen LogP) is -1.14. The van der Waals surface area contributed by atoms with Gasteiger partial charge in [0.05, 0.1) is 19.3 Å². The van der Waals surface area contributed by atoms with E-state index in [0.717, 1.165) is 6.42 Å². The summed E-state index contributed by atoms with van der Waals surface area (Å²) in [5.74, 6) is -0.297. The summed E-state index contributed by atoms with van der Waals surface area (Å²) in [6.45, 7) is 3.92. The molecule has 114 valence electrons. The van der Waals surface area contributed by atoms with Gasteiger partial charge in [-0.1, -0.05) is 0 Å². The number of nitrogens with two attached hydrogens (primary N) is 1. The number of likely N-dealkylation sites (N-methyl/N-ethyl adjacent to an activating group) is 1. The molecule has 0 aromatic rings. The van der Waals surface area contributed by atoms with Crippen molar-refractivity contribution in [2.24, 2.45) is 5.73 Å². The van der Waals surface area contributed by atoms with E-state index in [1.165, 1.54) is 0 Å². The van der Waals surface area contributed by atoms with Crippen molar-refractivity contribution in [1.29, 1.82) is 0 Å². The summed E-state index contributed by atoms with van der Waals surface area (Å²) in [6, 6.07) is -0.559. The Bertz CT molecular complexity index is 364. The van der Waals surface area contributed by atoms with E-state index in [9.17, 15) is 9.59 Å². The zero-order chi connectivity index (χ0) is 14.5. The molecule has 0 aliphatic carbocycles. The molecule has 3 atom stereocenters. The summed E-state index contributed by atoms with van der Waals surface area (Å²) < 4.78 is 10.9. The number of nitrogens with zero attached hydrogens (tertiary/aromatic N) is 1. The van der Waals surface area contributed by atoms with Gasteiger partial charge < -0.3 is 25.4 Å². The minimum absolute atomic E-state index is 0.0482. The van der Waals surface area contributed by atoms with Gasteiger partial charge in [0.15, 0.2) is 0 Å². The summed E-state index contributed by atoms with van der Waals surface area (Å²) in [6.07, 6.45) is 0.940. The third-order valence-electron chi connectivity index (χ3n) is 3.71. The molecule has 0 saturated carbocycles. The largest absolute Gasteiger partial charge is 0.377 e. The van der Waals surface area contributed by atoms with Crippen molar-refractivity contribution in [3.05, 3.63) is 0 Å². The highest BCUT2D eigenvalue weighted by Crippen LogP contribution is 2.22. The van der Waals surface area contributed by atoms with E-state index in [2.05, 4.69) is 5.32 Å². The quantitative estimate of drug-likeness (QED) is 0.681. The Morgan fingerprint density at radius 2 is 2.20 bits per heavy atom. The molecular formula is C13H23N3O4. The van der Waals surface area contributed by atoms with Crippen LogP contribution in [0, 0.1) is 0 Å². The van der Waals surface area contributed by atoms with Crippen LogP contribution in [0.4, 0.5) is 0 Å². The van der Waals surface area contributed by atoms with Crippen LogP contribution in [0.1, 0.15) is 19.8 Å². The van der Waals surface area contributed by atoms with Crippen LogP contribution in [-0.2, 0) is 19.1 Å². The topological polar surface area (TPSA) is 93.9 Å². The molecule has 0 bridgehead atoms. The average Bonchev–Trinajstić information content (AvgIpc) is 2.95. The van der Waals surface area contributed by atoms with E-state index in [-0.39, 0.29) is 24.5 Å². The van der Waals surface area contributed by atoms with Gasteiger partial charge in [-0.25, -0.2) is 0 Å². The van der Waals surface area contributed by atoms with Gasteiger partial charge in [0.1, 0.15) is 12.1 Å². The van der Waals surface area contributed by atoms with Gasteiger partial charge >= 0.3 is 0 Å². The zero-order valence-corrected chi connectivity index (χ0v) is 11.8. The molecule has 2 fully saturated rings. The number of ether oxygens (including phenoxy) is 2. The first-order valence-corrected chi connectivity index (χ1v) is 7.18. The fourth-order valence-electron chi connectivity index (χ4n) is 2.62. The zero-order valence-electron chi connectivity index (χ0n) is 11.8. The Morgan fingerprint density at radius 1 is 1.40 bits per heavy atom. The Kier molecular flexibility index (Phi) is 5.33. The van der Waals surface area contributed by atoms with E-state index in [1.807, 2.05) is 6.92 Å². The van der Waals surface area contributed by atoms with E-state index >= 15 is 0 Å². The molecule has 2 saturated heterocycles. The Hall–Kier alpha value is -1.18. The lowest BCUT2D eigenvalue weighted by Gasteiger charge is -2.35. The molecule has 2 heterocycles. The molecular weight excluding hydrogens is 262 g/mol. The number of rotatable bonds is 4. The molecule has 7 nitrogen and oxygen atoms in total. The molecule has 2 rings (SSSR count).